The zero-order valence-electron chi connectivity index (χ0n) is 9.03. The number of pyridine rings is 1. The van der Waals surface area contributed by atoms with Gasteiger partial charge in [0.05, 0.1) is 5.69 Å². The Morgan fingerprint density at radius 1 is 1.29 bits per heavy atom. The van der Waals surface area contributed by atoms with Crippen LogP contribution in [0, 0.1) is 0 Å². The second kappa shape index (κ2) is 5.73. The molecule has 0 aliphatic carbocycles. The molecule has 0 aliphatic heterocycles. The van der Waals surface area contributed by atoms with Crippen molar-refractivity contribution in [2.75, 3.05) is 13.1 Å². The molecule has 0 saturated carbocycles. The zero-order valence-corrected chi connectivity index (χ0v) is 9.03. The normalized spacial score (nSPS) is 10.9. The average molecular weight is 193 g/mol. The predicted molar refractivity (Wildman–Crippen MR) is 58.8 cm³/mol. The fourth-order valence-electron chi connectivity index (χ4n) is 1.35. The minimum Gasteiger partial charge on any atom is -0.326 e. The van der Waals surface area contributed by atoms with E-state index in [-0.39, 0.29) is 0 Å². The second-order valence-electron chi connectivity index (χ2n) is 3.32. The number of nitrogens with two attached hydrogens (primary N) is 1. The summed E-state index contributed by atoms with van der Waals surface area (Å²) in [6.45, 7) is 7.96. The third kappa shape index (κ3) is 3.09. The van der Waals surface area contributed by atoms with Crippen molar-refractivity contribution >= 4 is 0 Å². The average Bonchev–Trinajstić information content (AvgIpc) is 2.26. The van der Waals surface area contributed by atoms with Crippen molar-refractivity contribution in [2.24, 2.45) is 5.73 Å². The third-order valence-electron chi connectivity index (χ3n) is 2.40. The summed E-state index contributed by atoms with van der Waals surface area (Å²) in [7, 11) is 0. The summed E-state index contributed by atoms with van der Waals surface area (Å²) in [6, 6.07) is 4.10. The highest BCUT2D eigenvalue weighted by Crippen LogP contribution is 2.03. The second-order valence-corrected chi connectivity index (χ2v) is 3.32. The van der Waals surface area contributed by atoms with Crippen molar-refractivity contribution in [2.45, 2.75) is 26.9 Å². The molecular weight excluding hydrogens is 174 g/mol. The zero-order chi connectivity index (χ0) is 10.4. The first-order valence-corrected chi connectivity index (χ1v) is 5.16. The molecule has 0 aliphatic rings. The van der Waals surface area contributed by atoms with Crippen LogP contribution >= 0.6 is 0 Å². The molecular formula is C11H19N3. The van der Waals surface area contributed by atoms with Crippen LogP contribution in [0.2, 0.25) is 0 Å². The third-order valence-corrected chi connectivity index (χ3v) is 2.40. The fraction of sp³-hybridized carbons (Fsp3) is 0.545. The standard InChI is InChI=1S/C11H19N3/c1-3-14(4-2)9-11-6-5-10(7-12)8-13-11/h5-6,8H,3-4,7,9,12H2,1-2H3. The number of rotatable bonds is 5. The summed E-state index contributed by atoms with van der Waals surface area (Å²) in [5.41, 5.74) is 7.71. The molecule has 0 amide bonds. The SMILES string of the molecule is CCN(CC)Cc1ccc(CN)cn1. The molecule has 0 radical (unpaired) electrons. The maximum absolute atomic E-state index is 5.50. The minimum atomic E-state index is 0.568. The van der Waals surface area contributed by atoms with E-state index in [1.807, 2.05) is 12.3 Å². The van der Waals surface area contributed by atoms with Gasteiger partial charge in [-0.05, 0) is 24.7 Å². The van der Waals surface area contributed by atoms with Crippen molar-refractivity contribution in [1.82, 2.24) is 9.88 Å². The van der Waals surface area contributed by atoms with Crippen LogP contribution in [0.1, 0.15) is 25.1 Å². The summed E-state index contributed by atoms with van der Waals surface area (Å²) in [5.74, 6) is 0. The van der Waals surface area contributed by atoms with Gasteiger partial charge in [-0.15, -0.1) is 0 Å². The summed E-state index contributed by atoms with van der Waals surface area (Å²) in [4.78, 5) is 6.70. The van der Waals surface area contributed by atoms with Crippen molar-refractivity contribution in [1.29, 1.82) is 0 Å². The predicted octanol–water partition coefficient (Wildman–Crippen LogP) is 1.38. The topological polar surface area (TPSA) is 42.1 Å². The van der Waals surface area contributed by atoms with Crippen LogP contribution in [0.4, 0.5) is 0 Å². The van der Waals surface area contributed by atoms with Gasteiger partial charge in [0.25, 0.3) is 0 Å². The van der Waals surface area contributed by atoms with Crippen LogP contribution < -0.4 is 5.73 Å². The van der Waals surface area contributed by atoms with Crippen molar-refractivity contribution in [3.05, 3.63) is 29.6 Å². The highest BCUT2D eigenvalue weighted by molar-refractivity contribution is 5.13. The van der Waals surface area contributed by atoms with Gasteiger partial charge < -0.3 is 5.73 Å². The Kier molecular flexibility index (Phi) is 4.56. The lowest BCUT2D eigenvalue weighted by Gasteiger charge is -2.17. The van der Waals surface area contributed by atoms with E-state index in [1.54, 1.807) is 0 Å². The smallest absolute Gasteiger partial charge is 0.0544 e. The molecule has 1 heterocycles. The molecule has 0 aromatic carbocycles. The molecule has 1 aromatic rings. The van der Waals surface area contributed by atoms with Crippen LogP contribution in [0.3, 0.4) is 0 Å². The van der Waals surface area contributed by atoms with E-state index in [9.17, 15) is 0 Å². The number of hydrogen-bond acceptors (Lipinski definition) is 3. The minimum absolute atomic E-state index is 0.568. The first-order chi connectivity index (χ1) is 6.80. The van der Waals surface area contributed by atoms with Gasteiger partial charge in [0.15, 0.2) is 0 Å². The van der Waals surface area contributed by atoms with Crippen LogP contribution in [0.25, 0.3) is 0 Å². The Morgan fingerprint density at radius 2 is 2.00 bits per heavy atom. The van der Waals surface area contributed by atoms with E-state index in [1.165, 1.54) is 0 Å². The number of hydrogen-bond donors (Lipinski definition) is 1. The molecule has 0 atom stereocenters. The number of nitrogens with zero attached hydrogens (tertiary/aromatic N) is 2. The van der Waals surface area contributed by atoms with Crippen LogP contribution in [0.5, 0.6) is 0 Å². The molecule has 1 rings (SSSR count). The molecule has 0 spiro atoms. The lowest BCUT2D eigenvalue weighted by Crippen LogP contribution is -2.22. The van der Waals surface area contributed by atoms with Gasteiger partial charge in [0, 0.05) is 19.3 Å². The van der Waals surface area contributed by atoms with Gasteiger partial charge in [-0.1, -0.05) is 19.9 Å². The Labute approximate surface area is 85.9 Å². The molecule has 3 heteroatoms. The lowest BCUT2D eigenvalue weighted by molar-refractivity contribution is 0.292. The van der Waals surface area contributed by atoms with E-state index >= 15 is 0 Å². The molecule has 2 N–H and O–H groups in total. The summed E-state index contributed by atoms with van der Waals surface area (Å²) < 4.78 is 0. The highest BCUT2D eigenvalue weighted by Gasteiger charge is 2.01. The molecule has 0 saturated heterocycles. The quantitative estimate of drug-likeness (QED) is 0.768. The van der Waals surface area contributed by atoms with E-state index in [0.29, 0.717) is 6.54 Å². The largest absolute Gasteiger partial charge is 0.326 e. The molecule has 0 bridgehead atoms. The molecule has 1 aromatic heterocycles. The first kappa shape index (κ1) is 11.1. The molecule has 0 unspecified atom stereocenters. The Hall–Kier alpha value is -0.930. The molecule has 14 heavy (non-hydrogen) atoms. The highest BCUT2D eigenvalue weighted by atomic mass is 15.1. The number of aromatic nitrogens is 1. The van der Waals surface area contributed by atoms with Gasteiger partial charge in [0.1, 0.15) is 0 Å². The summed E-state index contributed by atoms with van der Waals surface area (Å²) in [6.07, 6.45) is 1.86. The van der Waals surface area contributed by atoms with Crippen molar-refractivity contribution in [3.63, 3.8) is 0 Å². The van der Waals surface area contributed by atoms with E-state index in [0.717, 1.165) is 30.9 Å². The van der Waals surface area contributed by atoms with Crippen molar-refractivity contribution in [3.8, 4) is 0 Å². The van der Waals surface area contributed by atoms with Gasteiger partial charge in [-0.2, -0.15) is 0 Å². The van der Waals surface area contributed by atoms with E-state index < -0.39 is 0 Å². The van der Waals surface area contributed by atoms with Gasteiger partial charge in [-0.3, -0.25) is 9.88 Å². The molecule has 78 valence electrons. The summed E-state index contributed by atoms with van der Waals surface area (Å²) in [5, 5.41) is 0. The van der Waals surface area contributed by atoms with Gasteiger partial charge in [0.2, 0.25) is 0 Å². The Bertz CT molecular complexity index is 252. The maximum atomic E-state index is 5.50. The maximum Gasteiger partial charge on any atom is 0.0544 e. The van der Waals surface area contributed by atoms with Gasteiger partial charge in [-0.25, -0.2) is 0 Å². The van der Waals surface area contributed by atoms with Gasteiger partial charge >= 0.3 is 0 Å². The summed E-state index contributed by atoms with van der Waals surface area (Å²) >= 11 is 0. The Balaban J connectivity index is 2.58. The fourth-order valence-corrected chi connectivity index (χ4v) is 1.35. The van der Waals surface area contributed by atoms with Crippen molar-refractivity contribution < 1.29 is 0 Å². The van der Waals surface area contributed by atoms with E-state index in [2.05, 4.69) is 29.8 Å². The monoisotopic (exact) mass is 193 g/mol. The lowest BCUT2D eigenvalue weighted by atomic mass is 10.2. The van der Waals surface area contributed by atoms with Crippen LogP contribution in [0.15, 0.2) is 18.3 Å². The van der Waals surface area contributed by atoms with Crippen LogP contribution in [-0.4, -0.2) is 23.0 Å². The van der Waals surface area contributed by atoms with Crippen LogP contribution in [-0.2, 0) is 13.1 Å². The molecule has 3 nitrogen and oxygen atoms in total. The Morgan fingerprint density at radius 3 is 2.43 bits per heavy atom. The first-order valence-electron chi connectivity index (χ1n) is 5.16. The molecule has 0 fully saturated rings. The van der Waals surface area contributed by atoms with E-state index in [4.69, 9.17) is 5.73 Å².